The molecule has 0 amide bonds. The molecule has 0 aromatic heterocycles. The molecule has 0 bridgehead atoms. The first-order valence-electron chi connectivity index (χ1n) is 6.25. The average molecular weight is 198 g/mol. The van der Waals surface area contributed by atoms with Crippen LogP contribution in [0, 0.1) is 17.8 Å². The summed E-state index contributed by atoms with van der Waals surface area (Å²) < 4.78 is 0. The molecule has 14 heavy (non-hydrogen) atoms. The molecule has 0 heterocycles. The molecule has 0 spiro atoms. The van der Waals surface area contributed by atoms with E-state index in [4.69, 9.17) is 0 Å². The van der Waals surface area contributed by atoms with Crippen LogP contribution in [0.15, 0.2) is 0 Å². The molecule has 0 N–H and O–H groups in total. The van der Waals surface area contributed by atoms with Crippen LogP contribution in [-0.4, -0.2) is 0 Å². The van der Waals surface area contributed by atoms with E-state index in [1.165, 1.54) is 44.9 Å². The third-order valence-electron chi connectivity index (χ3n) is 3.73. The summed E-state index contributed by atoms with van der Waals surface area (Å²) in [7, 11) is 0. The molecule has 0 aromatic rings. The Morgan fingerprint density at radius 3 is 2.07 bits per heavy atom. The van der Waals surface area contributed by atoms with Crippen LogP contribution in [0.1, 0.15) is 73.1 Å². The van der Waals surface area contributed by atoms with Crippen LogP contribution in [0.25, 0.3) is 0 Å². The molecule has 1 fully saturated rings. The summed E-state index contributed by atoms with van der Waals surface area (Å²) in [6.45, 7) is 7.15. The summed E-state index contributed by atoms with van der Waals surface area (Å²) in [5.74, 6) is 2.99. The van der Waals surface area contributed by atoms with Gasteiger partial charge >= 0.3 is 0 Å². The van der Waals surface area contributed by atoms with Crippen LogP contribution in [0.5, 0.6) is 0 Å². The van der Waals surface area contributed by atoms with Gasteiger partial charge in [0.05, 0.1) is 0 Å². The van der Waals surface area contributed by atoms with Gasteiger partial charge in [-0.05, 0) is 17.8 Å². The Balaban J connectivity index is 0.00000169. The van der Waals surface area contributed by atoms with Crippen molar-refractivity contribution in [1.29, 1.82) is 0 Å². The lowest BCUT2D eigenvalue weighted by Gasteiger charge is -2.32. The first-order chi connectivity index (χ1) is 6.25. The van der Waals surface area contributed by atoms with Crippen molar-refractivity contribution < 1.29 is 0 Å². The molecule has 1 aliphatic carbocycles. The lowest BCUT2D eigenvalue weighted by molar-refractivity contribution is 0.183. The highest BCUT2D eigenvalue weighted by molar-refractivity contribution is 4.75. The van der Waals surface area contributed by atoms with Gasteiger partial charge in [0, 0.05) is 0 Å². The molecule has 0 aliphatic heterocycles. The zero-order valence-corrected chi connectivity index (χ0v) is 9.68. The van der Waals surface area contributed by atoms with E-state index in [-0.39, 0.29) is 7.43 Å². The highest BCUT2D eigenvalue weighted by Gasteiger charge is 2.24. The maximum atomic E-state index is 2.41. The van der Waals surface area contributed by atoms with E-state index in [9.17, 15) is 0 Å². The minimum atomic E-state index is 0. The van der Waals surface area contributed by atoms with E-state index >= 15 is 0 Å². The first-order valence-corrected chi connectivity index (χ1v) is 6.25. The van der Waals surface area contributed by atoms with E-state index in [1.807, 2.05) is 0 Å². The Morgan fingerprint density at radius 2 is 1.64 bits per heavy atom. The molecule has 0 heteroatoms. The van der Waals surface area contributed by atoms with Gasteiger partial charge in [0.1, 0.15) is 0 Å². The Labute approximate surface area is 91.5 Å². The molecule has 1 saturated carbocycles. The number of rotatable bonds is 4. The molecule has 0 aromatic carbocycles. The summed E-state index contributed by atoms with van der Waals surface area (Å²) >= 11 is 0. The molecule has 0 nitrogen and oxygen atoms in total. The van der Waals surface area contributed by atoms with Crippen molar-refractivity contribution in [1.82, 2.24) is 0 Å². The Bertz CT molecular complexity index is 120. The fourth-order valence-corrected chi connectivity index (χ4v) is 3.01. The van der Waals surface area contributed by atoms with Crippen molar-refractivity contribution in [3.8, 4) is 0 Å². The molecule has 1 rings (SSSR count). The quantitative estimate of drug-likeness (QED) is 0.577. The topological polar surface area (TPSA) is 0 Å². The Kier molecular flexibility index (Phi) is 7.31. The second-order valence-electron chi connectivity index (χ2n) is 5.09. The second-order valence-corrected chi connectivity index (χ2v) is 5.09. The largest absolute Gasteiger partial charge is 0.0776 e. The van der Waals surface area contributed by atoms with E-state index in [2.05, 4.69) is 20.8 Å². The second kappa shape index (κ2) is 7.31. The number of hydrogen-bond donors (Lipinski definition) is 0. The van der Waals surface area contributed by atoms with Crippen molar-refractivity contribution in [2.75, 3.05) is 0 Å². The molecule has 0 radical (unpaired) electrons. The molecule has 86 valence electrons. The lowest BCUT2D eigenvalue weighted by atomic mass is 9.73. The predicted octanol–water partition coefficient (Wildman–Crippen LogP) is 5.28. The summed E-state index contributed by atoms with van der Waals surface area (Å²) in [5.41, 5.74) is 0. The molecule has 1 aliphatic rings. The van der Waals surface area contributed by atoms with Crippen LogP contribution in [0.4, 0.5) is 0 Å². The van der Waals surface area contributed by atoms with Gasteiger partial charge < -0.3 is 0 Å². The highest BCUT2D eigenvalue weighted by atomic mass is 14.3. The summed E-state index contributed by atoms with van der Waals surface area (Å²) in [6.07, 6.45) is 10.4. The maximum Gasteiger partial charge on any atom is -0.0363 e. The molecule has 1 atom stereocenters. The average Bonchev–Trinajstić information content (AvgIpc) is 2.15. The predicted molar refractivity (Wildman–Crippen MR) is 66.5 cm³/mol. The SMILES string of the molecule is C.CCC[C@@H](C(C)C)C1CCCCC1. The van der Waals surface area contributed by atoms with Gasteiger partial charge in [-0.2, -0.15) is 0 Å². The monoisotopic (exact) mass is 198 g/mol. The summed E-state index contributed by atoms with van der Waals surface area (Å²) in [5, 5.41) is 0. The minimum absolute atomic E-state index is 0. The van der Waals surface area contributed by atoms with Gasteiger partial charge in [0.2, 0.25) is 0 Å². The molecule has 0 unspecified atom stereocenters. The van der Waals surface area contributed by atoms with E-state index in [0.29, 0.717) is 0 Å². The normalized spacial score (nSPS) is 20.6. The van der Waals surface area contributed by atoms with Crippen molar-refractivity contribution >= 4 is 0 Å². The van der Waals surface area contributed by atoms with Crippen LogP contribution in [-0.2, 0) is 0 Å². The lowest BCUT2D eigenvalue weighted by Crippen LogP contribution is -2.22. The Morgan fingerprint density at radius 1 is 1.07 bits per heavy atom. The third-order valence-corrected chi connectivity index (χ3v) is 3.73. The first kappa shape index (κ1) is 14.0. The van der Waals surface area contributed by atoms with Crippen molar-refractivity contribution in [3.63, 3.8) is 0 Å². The highest BCUT2D eigenvalue weighted by Crippen LogP contribution is 2.36. The summed E-state index contributed by atoms with van der Waals surface area (Å²) in [6, 6.07) is 0. The fraction of sp³-hybridized carbons (Fsp3) is 1.00. The third kappa shape index (κ3) is 4.02. The van der Waals surface area contributed by atoms with Gasteiger partial charge in [0.25, 0.3) is 0 Å². The Hall–Kier alpha value is 0. The molecular weight excluding hydrogens is 168 g/mol. The van der Waals surface area contributed by atoms with Crippen molar-refractivity contribution in [2.45, 2.75) is 73.1 Å². The zero-order chi connectivity index (χ0) is 9.68. The van der Waals surface area contributed by atoms with Crippen LogP contribution >= 0.6 is 0 Å². The fourth-order valence-electron chi connectivity index (χ4n) is 3.01. The molecular formula is C14H30. The molecule has 0 saturated heterocycles. The summed E-state index contributed by atoms with van der Waals surface area (Å²) in [4.78, 5) is 0. The van der Waals surface area contributed by atoms with Crippen LogP contribution in [0.3, 0.4) is 0 Å². The number of hydrogen-bond acceptors (Lipinski definition) is 0. The van der Waals surface area contributed by atoms with Gasteiger partial charge in [-0.25, -0.2) is 0 Å². The van der Waals surface area contributed by atoms with E-state index in [1.54, 1.807) is 0 Å². The van der Waals surface area contributed by atoms with Crippen molar-refractivity contribution in [3.05, 3.63) is 0 Å². The van der Waals surface area contributed by atoms with E-state index < -0.39 is 0 Å². The van der Waals surface area contributed by atoms with Crippen LogP contribution in [0.2, 0.25) is 0 Å². The van der Waals surface area contributed by atoms with Crippen LogP contribution < -0.4 is 0 Å². The maximum absolute atomic E-state index is 2.41. The smallest absolute Gasteiger partial charge is 0.0363 e. The van der Waals surface area contributed by atoms with Gasteiger partial charge in [0.15, 0.2) is 0 Å². The van der Waals surface area contributed by atoms with Gasteiger partial charge in [-0.3, -0.25) is 0 Å². The van der Waals surface area contributed by atoms with Gasteiger partial charge in [-0.1, -0.05) is 73.1 Å². The van der Waals surface area contributed by atoms with E-state index in [0.717, 1.165) is 17.8 Å². The van der Waals surface area contributed by atoms with Gasteiger partial charge in [-0.15, -0.1) is 0 Å². The standard InChI is InChI=1S/C13H26.CH4/c1-4-8-13(11(2)3)12-9-6-5-7-10-12;/h11-13H,4-10H2,1-3H3;1H4/t13-;/m0./s1. The minimum Gasteiger partial charge on any atom is -0.0776 e. The zero-order valence-electron chi connectivity index (χ0n) is 9.68. The van der Waals surface area contributed by atoms with Crippen molar-refractivity contribution in [2.24, 2.45) is 17.8 Å².